The quantitative estimate of drug-likeness (QED) is 0.536. The zero-order chi connectivity index (χ0) is 22.7. The zero-order valence-electron chi connectivity index (χ0n) is 17.5. The van der Waals surface area contributed by atoms with Crippen LogP contribution in [0.2, 0.25) is 0 Å². The summed E-state index contributed by atoms with van der Waals surface area (Å²) < 4.78 is 0. The lowest BCUT2D eigenvalue weighted by atomic mass is 10.0. The van der Waals surface area contributed by atoms with Crippen molar-refractivity contribution in [3.63, 3.8) is 0 Å². The average Bonchev–Trinajstić information content (AvgIpc) is 3.32. The van der Waals surface area contributed by atoms with Gasteiger partial charge in [0.15, 0.2) is 0 Å². The number of hydrogen-bond donors (Lipinski definition) is 4. The largest absolute Gasteiger partial charge is 0.465 e. The Morgan fingerprint density at radius 2 is 1.87 bits per heavy atom. The molecule has 0 aliphatic carbocycles. The first kappa shape index (κ1) is 22.7. The van der Waals surface area contributed by atoms with Gasteiger partial charge in [-0.1, -0.05) is 24.3 Å². The minimum atomic E-state index is -1.33. The number of β-amino-alcohol motifs (C(OH)–C–C–N with tert-alkyl or cyclic N) is 1. The summed E-state index contributed by atoms with van der Waals surface area (Å²) in [6.07, 6.45) is -2.06. The first-order valence-electron chi connectivity index (χ1n) is 9.96. The highest BCUT2D eigenvalue weighted by Gasteiger charge is 2.40. The predicted octanol–water partition coefficient (Wildman–Crippen LogP) is 1.91. The summed E-state index contributed by atoms with van der Waals surface area (Å²) in [6.45, 7) is 5.19. The molecule has 1 unspecified atom stereocenters. The van der Waals surface area contributed by atoms with Gasteiger partial charge < -0.3 is 25.7 Å². The van der Waals surface area contributed by atoms with Gasteiger partial charge in [0, 0.05) is 13.0 Å². The van der Waals surface area contributed by atoms with E-state index in [1.807, 2.05) is 38.1 Å². The molecule has 2 heterocycles. The number of carbonyl (C=O) groups excluding carboxylic acids is 2. The van der Waals surface area contributed by atoms with E-state index in [2.05, 4.69) is 15.6 Å². The van der Waals surface area contributed by atoms with Crippen LogP contribution in [-0.2, 0) is 9.59 Å². The summed E-state index contributed by atoms with van der Waals surface area (Å²) in [4.78, 5) is 42.9. The van der Waals surface area contributed by atoms with Crippen LogP contribution in [0.4, 0.5) is 4.79 Å². The van der Waals surface area contributed by atoms with E-state index < -0.39 is 30.2 Å². The van der Waals surface area contributed by atoms with E-state index in [4.69, 9.17) is 5.11 Å². The molecule has 2 aromatic rings. The Morgan fingerprint density at radius 3 is 2.45 bits per heavy atom. The second kappa shape index (κ2) is 9.44. The standard InChI is InChI=1S/C21H26N4O5S/c1-11(14-4-6-15(7-5-14)18-12(2)22-10-31-18)23-19(27)17-8-16(26)9-25(17)20(28)13(3)24-21(29)30/h4-7,10-11,13,16-17,24,26H,8-9H2,1-3H3,(H,23,27)(H,29,30)/t11-,13?,16+,17-/m0/s1. The van der Waals surface area contributed by atoms with Crippen molar-refractivity contribution in [2.24, 2.45) is 0 Å². The number of rotatable bonds is 6. The van der Waals surface area contributed by atoms with Gasteiger partial charge in [-0.3, -0.25) is 9.59 Å². The molecule has 3 rings (SSSR count). The van der Waals surface area contributed by atoms with Crippen LogP contribution in [-0.4, -0.2) is 62.7 Å². The Hall–Kier alpha value is -2.98. The number of likely N-dealkylation sites (tertiary alicyclic amines) is 1. The lowest BCUT2D eigenvalue weighted by Gasteiger charge is -2.27. The topological polar surface area (TPSA) is 132 Å². The van der Waals surface area contributed by atoms with Gasteiger partial charge in [0.25, 0.3) is 0 Å². The number of carboxylic acid groups (broad SMARTS) is 1. The second-order valence-corrected chi connectivity index (χ2v) is 8.54. The maximum absolute atomic E-state index is 12.9. The van der Waals surface area contributed by atoms with Gasteiger partial charge in [-0.15, -0.1) is 11.3 Å². The van der Waals surface area contributed by atoms with Crippen molar-refractivity contribution in [2.75, 3.05) is 6.54 Å². The summed E-state index contributed by atoms with van der Waals surface area (Å²) in [7, 11) is 0. The molecule has 3 amide bonds. The van der Waals surface area contributed by atoms with Gasteiger partial charge >= 0.3 is 6.09 Å². The van der Waals surface area contributed by atoms with Crippen molar-refractivity contribution in [1.82, 2.24) is 20.5 Å². The van der Waals surface area contributed by atoms with Crippen molar-refractivity contribution < 1.29 is 24.6 Å². The minimum Gasteiger partial charge on any atom is -0.465 e. The van der Waals surface area contributed by atoms with E-state index in [1.165, 1.54) is 11.8 Å². The Labute approximate surface area is 184 Å². The monoisotopic (exact) mass is 446 g/mol. The summed E-state index contributed by atoms with van der Waals surface area (Å²) >= 11 is 1.57. The Kier molecular flexibility index (Phi) is 6.91. The van der Waals surface area contributed by atoms with Crippen LogP contribution in [0.1, 0.15) is 37.6 Å². The Bertz CT molecular complexity index is 961. The fourth-order valence-electron chi connectivity index (χ4n) is 3.70. The van der Waals surface area contributed by atoms with Gasteiger partial charge in [-0.05, 0) is 31.9 Å². The number of carbonyl (C=O) groups is 3. The molecule has 0 radical (unpaired) electrons. The lowest BCUT2D eigenvalue weighted by molar-refractivity contribution is -0.139. The third-order valence-electron chi connectivity index (χ3n) is 5.35. The molecule has 1 saturated heterocycles. The van der Waals surface area contributed by atoms with Crippen LogP contribution < -0.4 is 10.6 Å². The van der Waals surface area contributed by atoms with E-state index in [9.17, 15) is 19.5 Å². The summed E-state index contributed by atoms with van der Waals surface area (Å²) in [5.41, 5.74) is 4.72. The molecule has 0 spiro atoms. The van der Waals surface area contributed by atoms with Crippen molar-refractivity contribution in [1.29, 1.82) is 0 Å². The molecule has 1 aliphatic rings. The number of thiazole rings is 1. The average molecular weight is 447 g/mol. The van der Waals surface area contributed by atoms with Crippen molar-refractivity contribution in [2.45, 2.75) is 51.4 Å². The van der Waals surface area contributed by atoms with E-state index in [0.29, 0.717) is 0 Å². The molecule has 1 aliphatic heterocycles. The molecule has 10 heteroatoms. The summed E-state index contributed by atoms with van der Waals surface area (Å²) in [5.74, 6) is -0.932. The van der Waals surface area contributed by atoms with E-state index in [0.717, 1.165) is 21.7 Å². The molecule has 1 fully saturated rings. The fraction of sp³-hybridized carbons (Fsp3) is 0.429. The number of aromatic nitrogens is 1. The number of amides is 3. The Balaban J connectivity index is 1.67. The predicted molar refractivity (Wildman–Crippen MR) is 116 cm³/mol. The van der Waals surface area contributed by atoms with Gasteiger partial charge in [-0.2, -0.15) is 0 Å². The highest BCUT2D eigenvalue weighted by molar-refractivity contribution is 7.13. The number of hydrogen-bond acceptors (Lipinski definition) is 6. The highest BCUT2D eigenvalue weighted by atomic mass is 32.1. The molecule has 1 aromatic carbocycles. The van der Waals surface area contributed by atoms with Crippen LogP contribution >= 0.6 is 11.3 Å². The summed E-state index contributed by atoms with van der Waals surface area (Å²) in [5, 5.41) is 23.8. The normalized spacial score (nSPS) is 20.2. The fourth-order valence-corrected chi connectivity index (χ4v) is 4.51. The second-order valence-electron chi connectivity index (χ2n) is 7.69. The third-order valence-corrected chi connectivity index (χ3v) is 6.33. The molecular weight excluding hydrogens is 420 g/mol. The molecule has 31 heavy (non-hydrogen) atoms. The van der Waals surface area contributed by atoms with Gasteiger partial charge in [0.2, 0.25) is 11.8 Å². The lowest BCUT2D eigenvalue weighted by Crippen LogP contribution is -2.52. The molecule has 166 valence electrons. The minimum absolute atomic E-state index is 0.0141. The molecule has 0 bridgehead atoms. The third kappa shape index (κ3) is 5.20. The number of nitrogens with zero attached hydrogens (tertiary/aromatic N) is 2. The SMILES string of the molecule is Cc1ncsc1-c1ccc([C@H](C)NC(=O)[C@@H]2C[C@@H](O)CN2C(=O)C(C)NC(=O)O)cc1. The number of aryl methyl sites for hydroxylation is 1. The van der Waals surface area contributed by atoms with Crippen LogP contribution in [0.3, 0.4) is 0 Å². The number of nitrogens with one attached hydrogen (secondary N) is 2. The van der Waals surface area contributed by atoms with E-state index in [-0.39, 0.29) is 24.9 Å². The first-order chi connectivity index (χ1) is 14.7. The van der Waals surface area contributed by atoms with E-state index >= 15 is 0 Å². The van der Waals surface area contributed by atoms with Crippen molar-refractivity contribution in [3.8, 4) is 10.4 Å². The van der Waals surface area contributed by atoms with Crippen LogP contribution in [0.15, 0.2) is 29.8 Å². The maximum Gasteiger partial charge on any atom is 0.405 e. The Morgan fingerprint density at radius 1 is 1.19 bits per heavy atom. The van der Waals surface area contributed by atoms with E-state index in [1.54, 1.807) is 16.8 Å². The highest BCUT2D eigenvalue weighted by Crippen LogP contribution is 2.28. The van der Waals surface area contributed by atoms with Crippen molar-refractivity contribution >= 4 is 29.2 Å². The maximum atomic E-state index is 12.9. The molecule has 9 nitrogen and oxygen atoms in total. The van der Waals surface area contributed by atoms with Crippen LogP contribution in [0, 0.1) is 6.92 Å². The van der Waals surface area contributed by atoms with Crippen molar-refractivity contribution in [3.05, 3.63) is 41.0 Å². The van der Waals surface area contributed by atoms with Gasteiger partial charge in [0.05, 0.1) is 28.2 Å². The smallest absolute Gasteiger partial charge is 0.405 e. The molecule has 4 N–H and O–H groups in total. The summed E-state index contributed by atoms with van der Waals surface area (Å²) in [6, 6.07) is 5.64. The molecular formula is C21H26N4O5S. The number of aliphatic hydroxyl groups excluding tert-OH is 1. The van der Waals surface area contributed by atoms with Gasteiger partial charge in [-0.25, -0.2) is 9.78 Å². The zero-order valence-corrected chi connectivity index (χ0v) is 18.3. The van der Waals surface area contributed by atoms with Gasteiger partial charge in [0.1, 0.15) is 12.1 Å². The van der Waals surface area contributed by atoms with Crippen LogP contribution in [0.25, 0.3) is 10.4 Å². The molecule has 0 saturated carbocycles. The molecule has 1 aromatic heterocycles. The number of benzene rings is 1. The molecule has 4 atom stereocenters. The first-order valence-corrected chi connectivity index (χ1v) is 10.8. The number of aliphatic hydroxyl groups is 1. The van der Waals surface area contributed by atoms with Crippen LogP contribution in [0.5, 0.6) is 0 Å².